The molecule has 0 aliphatic carbocycles. The van der Waals surface area contributed by atoms with Crippen LogP contribution >= 0.6 is 0 Å². The second kappa shape index (κ2) is 425. The van der Waals surface area contributed by atoms with Crippen molar-refractivity contribution in [3.8, 4) is 0 Å². The van der Waals surface area contributed by atoms with Gasteiger partial charge in [0.05, 0.1) is 0 Å². The predicted octanol–water partition coefficient (Wildman–Crippen LogP) is -8.59. The van der Waals surface area contributed by atoms with Gasteiger partial charge in [-0.2, -0.15) is 0 Å². The van der Waals surface area contributed by atoms with Gasteiger partial charge < -0.3 is 60.0 Å². The highest BCUT2D eigenvalue weighted by molar-refractivity contribution is 3.83. The molecular formula is H21NO13. The van der Waals surface area contributed by atoms with Crippen molar-refractivity contribution in [3.63, 3.8) is 0 Å². The van der Waals surface area contributed by atoms with Crippen LogP contribution in [0.5, 0.6) is 0 Å². The summed E-state index contributed by atoms with van der Waals surface area (Å²) in [5.41, 5.74) is 0. The highest BCUT2D eigenvalue weighted by atomic mass is 16.9. The van der Waals surface area contributed by atoms with Crippen molar-refractivity contribution in [3.05, 3.63) is 10.1 Å². The second-order valence-corrected chi connectivity index (χ2v) is 0.238. The van der Waals surface area contributed by atoms with Crippen LogP contribution in [-0.2, 0) is 0 Å². The average molecular weight is 243 g/mol. The summed E-state index contributed by atoms with van der Waals surface area (Å²) in [4.78, 5) is 8.36. The monoisotopic (exact) mass is 243 g/mol. The zero-order chi connectivity index (χ0) is 3.58. The molecule has 0 fully saturated rings. The van der Waals surface area contributed by atoms with Crippen molar-refractivity contribution >= 4 is 0 Å². The van der Waals surface area contributed by atoms with Crippen LogP contribution in [0, 0.1) is 10.1 Å². The molecule has 0 bridgehead atoms. The number of nitrogens with zero attached hydrogens (tertiary/aromatic N) is 1. The topological polar surface area (TPSA) is 378 Å². The van der Waals surface area contributed by atoms with Crippen molar-refractivity contribution in [2.45, 2.75) is 0 Å². The van der Waals surface area contributed by atoms with E-state index in [0.717, 1.165) is 0 Å². The maximum Gasteiger partial charge on any atom is 0.291 e. The van der Waals surface area contributed by atoms with Gasteiger partial charge >= 0.3 is 0 Å². The molecule has 0 aliphatic rings. The molecule has 0 saturated heterocycles. The third kappa shape index (κ3) is 720. The lowest BCUT2D eigenvalue weighted by Gasteiger charge is -1.56. The summed E-state index contributed by atoms with van der Waals surface area (Å²) in [5, 5.41) is 13.6. The fourth-order valence-corrected chi connectivity index (χ4v) is 0. The van der Waals surface area contributed by atoms with Gasteiger partial charge in [0.1, 0.15) is 0 Å². The fraction of sp³-hybridized carbons (Fsp3) is 0. The SMILES string of the molecule is O.O.O.O.O.O.O.O.O.O.O=[N+]([O-])O. The van der Waals surface area contributed by atoms with Crippen molar-refractivity contribution in [1.82, 2.24) is 0 Å². The van der Waals surface area contributed by atoms with Gasteiger partial charge in [-0.15, -0.1) is 10.1 Å². The van der Waals surface area contributed by atoms with Gasteiger partial charge in [0.15, 0.2) is 0 Å². The fourth-order valence-electron chi connectivity index (χ4n) is 0. The molecule has 0 rings (SSSR count). The third-order valence-corrected chi connectivity index (χ3v) is 0. The molecule has 0 amide bonds. The minimum atomic E-state index is -1.50. The minimum Gasteiger partial charge on any atom is -0.412 e. The summed E-state index contributed by atoms with van der Waals surface area (Å²) >= 11 is 0. The predicted molar refractivity (Wildman–Crippen MR) is 44.9 cm³/mol. The lowest BCUT2D eigenvalue weighted by Crippen LogP contribution is -1.81. The van der Waals surface area contributed by atoms with E-state index in [9.17, 15) is 0 Å². The van der Waals surface area contributed by atoms with Gasteiger partial charge in [0.2, 0.25) is 0 Å². The van der Waals surface area contributed by atoms with Crippen LogP contribution in [-0.4, -0.2) is 65.1 Å². The molecule has 14 heavy (non-hydrogen) atoms. The van der Waals surface area contributed by atoms with Crippen LogP contribution in [0.25, 0.3) is 0 Å². The summed E-state index contributed by atoms with van der Waals surface area (Å²) in [6.45, 7) is 0. The summed E-state index contributed by atoms with van der Waals surface area (Å²) < 4.78 is 0. The molecule has 14 nitrogen and oxygen atoms in total. The molecule has 0 saturated carbocycles. The molecular weight excluding hydrogens is 222 g/mol. The second-order valence-electron chi connectivity index (χ2n) is 0.238. The Balaban J connectivity index is -0.000000001000. The van der Waals surface area contributed by atoms with Gasteiger partial charge in [-0.05, 0) is 0 Å². The lowest BCUT2D eigenvalue weighted by atomic mass is 13.1. The standard InChI is InChI=1S/HNO3.10H2O/c2-1(3)4;;;;;;;;;;/h(H,2,3,4);10*1H2. The highest BCUT2D eigenvalue weighted by Gasteiger charge is 1.65. The number of hydrogen-bond donors (Lipinski definition) is 1. The molecule has 0 radical (unpaired) electrons. The molecule has 0 unspecified atom stereocenters. The first-order valence-electron chi connectivity index (χ1n) is 0.565. The maximum atomic E-state index is 8.36. The Kier molecular flexibility index (Phi) is 16700. The first-order valence-corrected chi connectivity index (χ1v) is 0.565. The molecule has 0 heterocycles. The Hall–Kier alpha value is -1.20. The normalized spacial score (nSPS) is 1.71. The van der Waals surface area contributed by atoms with Gasteiger partial charge in [0.25, 0.3) is 5.09 Å². The Morgan fingerprint density at radius 1 is 0.643 bits per heavy atom. The molecule has 0 aromatic carbocycles. The van der Waals surface area contributed by atoms with Crippen molar-refractivity contribution in [2.75, 3.05) is 0 Å². The third-order valence-electron chi connectivity index (χ3n) is 0. The molecule has 104 valence electrons. The van der Waals surface area contributed by atoms with Gasteiger partial charge in [-0.3, -0.25) is 0 Å². The van der Waals surface area contributed by atoms with E-state index in [1.807, 2.05) is 0 Å². The summed E-state index contributed by atoms with van der Waals surface area (Å²) in [5.74, 6) is 0. The first kappa shape index (κ1) is 550. The van der Waals surface area contributed by atoms with Crippen molar-refractivity contribution < 1.29 is 65.1 Å². The van der Waals surface area contributed by atoms with Gasteiger partial charge in [-0.25, -0.2) is 0 Å². The van der Waals surface area contributed by atoms with E-state index in [1.54, 1.807) is 0 Å². The molecule has 0 spiro atoms. The van der Waals surface area contributed by atoms with E-state index in [0.29, 0.717) is 0 Å². The van der Waals surface area contributed by atoms with Crippen LogP contribution in [0.15, 0.2) is 0 Å². The van der Waals surface area contributed by atoms with Crippen molar-refractivity contribution in [2.24, 2.45) is 0 Å². The van der Waals surface area contributed by atoms with E-state index < -0.39 is 5.09 Å². The Morgan fingerprint density at radius 3 is 0.643 bits per heavy atom. The van der Waals surface area contributed by atoms with Crippen LogP contribution in [0.4, 0.5) is 0 Å². The molecule has 0 aliphatic heterocycles. The van der Waals surface area contributed by atoms with E-state index >= 15 is 0 Å². The van der Waals surface area contributed by atoms with Crippen LogP contribution in [0.2, 0.25) is 0 Å². The summed E-state index contributed by atoms with van der Waals surface area (Å²) in [6, 6.07) is 0. The van der Waals surface area contributed by atoms with E-state index in [1.165, 1.54) is 0 Å². The number of rotatable bonds is 0. The Labute approximate surface area is 76.6 Å². The van der Waals surface area contributed by atoms with E-state index in [-0.39, 0.29) is 54.8 Å². The molecule has 0 atom stereocenters. The zero-order valence-electron chi connectivity index (χ0n) is 6.71. The quantitative estimate of drug-likeness (QED) is 0.319. The van der Waals surface area contributed by atoms with Gasteiger partial charge in [-0.1, -0.05) is 0 Å². The average Bonchev–Trinajstić information content (AvgIpc) is 0.811. The lowest BCUT2D eigenvalue weighted by molar-refractivity contribution is -0.742. The van der Waals surface area contributed by atoms with Gasteiger partial charge in [0, 0.05) is 0 Å². The van der Waals surface area contributed by atoms with Crippen LogP contribution in [0.1, 0.15) is 0 Å². The van der Waals surface area contributed by atoms with E-state index in [2.05, 4.69) is 0 Å². The molecule has 0 aromatic rings. The zero-order valence-corrected chi connectivity index (χ0v) is 6.71. The highest BCUT2D eigenvalue weighted by Crippen LogP contribution is 1.38. The molecule has 0 aromatic heterocycles. The Morgan fingerprint density at radius 2 is 0.643 bits per heavy atom. The number of hydrogen-bond acceptors (Lipinski definition) is 2. The largest absolute Gasteiger partial charge is 0.412 e. The first-order chi connectivity index (χ1) is 1.73. The van der Waals surface area contributed by atoms with Crippen LogP contribution in [0.3, 0.4) is 0 Å². The van der Waals surface area contributed by atoms with E-state index in [4.69, 9.17) is 15.3 Å². The minimum absolute atomic E-state index is 0. The summed E-state index contributed by atoms with van der Waals surface area (Å²) in [7, 11) is 0. The summed E-state index contributed by atoms with van der Waals surface area (Å²) in [6.07, 6.45) is 0. The molecule has 14 heteroatoms. The maximum absolute atomic E-state index is 8.36. The van der Waals surface area contributed by atoms with Crippen LogP contribution < -0.4 is 0 Å². The smallest absolute Gasteiger partial charge is 0.291 e. The Bertz CT molecular complexity index is 28.2. The van der Waals surface area contributed by atoms with Crippen molar-refractivity contribution in [1.29, 1.82) is 0 Å². The molecule has 21 N–H and O–H groups in total.